The second-order valence-corrected chi connectivity index (χ2v) is 2.25. The highest BCUT2D eigenvalue weighted by Crippen LogP contribution is 2.09. The van der Waals surface area contributed by atoms with Gasteiger partial charge in [-0.25, -0.2) is 4.39 Å². The topological polar surface area (TPSA) is 76.2 Å². The van der Waals surface area contributed by atoms with Crippen LogP contribution in [-0.2, 0) is 4.79 Å². The highest BCUT2D eigenvalue weighted by Gasteiger charge is 2.14. The maximum Gasteiger partial charge on any atom is 0.325 e. The lowest BCUT2D eigenvalue weighted by molar-refractivity contribution is -0.138. The quantitative estimate of drug-likeness (QED) is 0.669. The fraction of sp³-hybridized carbons (Fsp3) is 0.143. The third kappa shape index (κ3) is 1.76. The Morgan fingerprint density at radius 1 is 1.67 bits per heavy atom. The van der Waals surface area contributed by atoms with Crippen molar-refractivity contribution in [2.75, 3.05) is 0 Å². The summed E-state index contributed by atoms with van der Waals surface area (Å²) in [5.74, 6) is -1.80. The van der Waals surface area contributed by atoms with Gasteiger partial charge in [0, 0.05) is 11.8 Å². The predicted octanol–water partition coefficient (Wildman–Crippen LogP) is 0.305. The van der Waals surface area contributed by atoms with E-state index in [1.807, 2.05) is 0 Å². The average molecular weight is 170 g/mol. The minimum absolute atomic E-state index is 0.155. The van der Waals surface area contributed by atoms with Crippen molar-refractivity contribution in [3.63, 3.8) is 0 Å². The Balaban J connectivity index is 2.95. The molecule has 0 saturated heterocycles. The van der Waals surface area contributed by atoms with Crippen LogP contribution in [0.3, 0.4) is 0 Å². The third-order valence-corrected chi connectivity index (χ3v) is 1.35. The lowest BCUT2D eigenvalue weighted by Gasteiger charge is -2.04. The molecule has 4 nitrogen and oxygen atoms in total. The Bertz CT molecular complexity index is 303. The van der Waals surface area contributed by atoms with Crippen LogP contribution in [0.2, 0.25) is 0 Å². The van der Waals surface area contributed by atoms with Crippen LogP contribution >= 0.6 is 0 Å². The van der Waals surface area contributed by atoms with Crippen LogP contribution in [0.4, 0.5) is 4.39 Å². The van der Waals surface area contributed by atoms with Gasteiger partial charge >= 0.3 is 5.97 Å². The molecule has 12 heavy (non-hydrogen) atoms. The first-order valence-electron chi connectivity index (χ1n) is 3.20. The Morgan fingerprint density at radius 3 is 2.83 bits per heavy atom. The molecular formula is C7H7FN2O2. The SMILES string of the molecule is N[C@H](C(=O)O)c1cncc(F)c1. The number of hydrogen-bond donors (Lipinski definition) is 2. The summed E-state index contributed by atoms with van der Waals surface area (Å²) in [4.78, 5) is 13.8. The summed E-state index contributed by atoms with van der Waals surface area (Å²) < 4.78 is 12.5. The van der Waals surface area contributed by atoms with Gasteiger partial charge in [0.05, 0.1) is 6.20 Å². The van der Waals surface area contributed by atoms with Crippen molar-refractivity contribution in [2.24, 2.45) is 5.73 Å². The smallest absolute Gasteiger partial charge is 0.325 e. The highest BCUT2D eigenvalue weighted by molar-refractivity contribution is 5.74. The van der Waals surface area contributed by atoms with E-state index in [4.69, 9.17) is 10.8 Å². The standard InChI is InChI=1S/C7H7FN2O2/c8-5-1-4(2-10-3-5)6(9)7(11)12/h1-3,6H,9H2,(H,11,12)/t6-/m0/s1. The van der Waals surface area contributed by atoms with E-state index in [9.17, 15) is 9.18 Å². The van der Waals surface area contributed by atoms with Gasteiger partial charge in [-0.1, -0.05) is 0 Å². The van der Waals surface area contributed by atoms with E-state index in [0.29, 0.717) is 0 Å². The predicted molar refractivity (Wildman–Crippen MR) is 38.8 cm³/mol. The van der Waals surface area contributed by atoms with Crippen molar-refractivity contribution in [1.82, 2.24) is 4.98 Å². The van der Waals surface area contributed by atoms with E-state index in [0.717, 1.165) is 12.3 Å². The molecule has 0 saturated carbocycles. The van der Waals surface area contributed by atoms with Gasteiger partial charge in [-0.2, -0.15) is 0 Å². The van der Waals surface area contributed by atoms with Gasteiger partial charge in [-0.3, -0.25) is 9.78 Å². The number of nitrogens with zero attached hydrogens (tertiary/aromatic N) is 1. The third-order valence-electron chi connectivity index (χ3n) is 1.35. The monoisotopic (exact) mass is 170 g/mol. The first kappa shape index (κ1) is 8.61. The number of aromatic nitrogens is 1. The highest BCUT2D eigenvalue weighted by atomic mass is 19.1. The van der Waals surface area contributed by atoms with Gasteiger partial charge in [0.25, 0.3) is 0 Å². The van der Waals surface area contributed by atoms with E-state index in [1.165, 1.54) is 6.20 Å². The first-order valence-corrected chi connectivity index (χ1v) is 3.20. The van der Waals surface area contributed by atoms with Crippen molar-refractivity contribution in [1.29, 1.82) is 0 Å². The number of carbonyl (C=O) groups is 1. The van der Waals surface area contributed by atoms with Gasteiger partial charge < -0.3 is 10.8 Å². The number of rotatable bonds is 2. The van der Waals surface area contributed by atoms with Gasteiger partial charge in [0.15, 0.2) is 0 Å². The van der Waals surface area contributed by atoms with Gasteiger partial charge in [0.2, 0.25) is 0 Å². The number of carboxylic acid groups (broad SMARTS) is 1. The van der Waals surface area contributed by atoms with Gasteiger partial charge in [0.1, 0.15) is 11.9 Å². The molecule has 1 aromatic rings. The van der Waals surface area contributed by atoms with E-state index < -0.39 is 17.8 Å². The fourth-order valence-electron chi connectivity index (χ4n) is 0.741. The summed E-state index contributed by atoms with van der Waals surface area (Å²) in [5, 5.41) is 8.45. The van der Waals surface area contributed by atoms with E-state index in [-0.39, 0.29) is 5.56 Å². The van der Waals surface area contributed by atoms with Gasteiger partial charge in [-0.05, 0) is 6.07 Å². The Morgan fingerprint density at radius 2 is 2.33 bits per heavy atom. The molecule has 64 valence electrons. The summed E-state index contributed by atoms with van der Waals surface area (Å²) in [6.07, 6.45) is 2.21. The van der Waals surface area contributed by atoms with Crippen molar-refractivity contribution >= 4 is 5.97 Å². The molecule has 0 aromatic carbocycles. The number of aliphatic carboxylic acids is 1. The molecule has 0 aliphatic carbocycles. The molecule has 0 amide bonds. The minimum atomic E-state index is -1.21. The second-order valence-electron chi connectivity index (χ2n) is 2.25. The summed E-state index contributed by atoms with van der Waals surface area (Å²) in [6, 6.07) is -0.167. The van der Waals surface area contributed by atoms with Gasteiger partial charge in [-0.15, -0.1) is 0 Å². The van der Waals surface area contributed by atoms with Crippen molar-refractivity contribution in [3.05, 3.63) is 29.8 Å². The fourth-order valence-corrected chi connectivity index (χ4v) is 0.741. The molecule has 1 atom stereocenters. The van der Waals surface area contributed by atoms with Crippen LogP contribution in [0.5, 0.6) is 0 Å². The van der Waals surface area contributed by atoms with Crippen LogP contribution in [0.1, 0.15) is 11.6 Å². The van der Waals surface area contributed by atoms with Crippen molar-refractivity contribution in [2.45, 2.75) is 6.04 Å². The van der Waals surface area contributed by atoms with E-state index in [2.05, 4.69) is 4.98 Å². The zero-order valence-electron chi connectivity index (χ0n) is 6.07. The van der Waals surface area contributed by atoms with Crippen LogP contribution in [0.15, 0.2) is 18.5 Å². The zero-order valence-corrected chi connectivity index (χ0v) is 6.07. The van der Waals surface area contributed by atoms with Crippen molar-refractivity contribution in [3.8, 4) is 0 Å². The molecule has 3 N–H and O–H groups in total. The minimum Gasteiger partial charge on any atom is -0.480 e. The zero-order chi connectivity index (χ0) is 9.14. The van der Waals surface area contributed by atoms with E-state index >= 15 is 0 Å². The summed E-state index contributed by atoms with van der Waals surface area (Å²) in [7, 11) is 0. The molecular weight excluding hydrogens is 163 g/mol. The molecule has 0 fully saturated rings. The molecule has 0 radical (unpaired) electrons. The lowest BCUT2D eigenvalue weighted by Crippen LogP contribution is -2.20. The Hall–Kier alpha value is -1.49. The number of nitrogens with two attached hydrogens (primary N) is 1. The second kappa shape index (κ2) is 3.27. The number of hydrogen-bond acceptors (Lipinski definition) is 3. The van der Waals surface area contributed by atoms with Crippen molar-refractivity contribution < 1.29 is 14.3 Å². The summed E-state index contributed by atoms with van der Waals surface area (Å²) >= 11 is 0. The Labute approximate surface area is 67.8 Å². The maximum atomic E-state index is 12.5. The summed E-state index contributed by atoms with van der Waals surface area (Å²) in [6.45, 7) is 0. The van der Waals surface area contributed by atoms with Crippen LogP contribution in [0.25, 0.3) is 0 Å². The molecule has 5 heteroatoms. The molecule has 0 aliphatic heterocycles. The molecule has 0 spiro atoms. The lowest BCUT2D eigenvalue weighted by atomic mass is 10.1. The first-order chi connectivity index (χ1) is 5.61. The number of pyridine rings is 1. The average Bonchev–Trinajstić information content (AvgIpc) is 2.03. The molecule has 1 rings (SSSR count). The normalized spacial score (nSPS) is 12.5. The molecule has 0 bridgehead atoms. The summed E-state index contributed by atoms with van der Waals surface area (Å²) in [5.41, 5.74) is 5.36. The van der Waals surface area contributed by atoms with Crippen LogP contribution in [0, 0.1) is 5.82 Å². The van der Waals surface area contributed by atoms with E-state index in [1.54, 1.807) is 0 Å². The molecule has 0 unspecified atom stereocenters. The van der Waals surface area contributed by atoms with Crippen LogP contribution < -0.4 is 5.73 Å². The maximum absolute atomic E-state index is 12.5. The Kier molecular flexibility index (Phi) is 2.35. The number of halogens is 1. The largest absolute Gasteiger partial charge is 0.480 e. The molecule has 0 aliphatic rings. The van der Waals surface area contributed by atoms with Crippen LogP contribution in [-0.4, -0.2) is 16.1 Å². The number of carboxylic acids is 1. The molecule has 1 heterocycles. The molecule has 1 aromatic heterocycles.